The van der Waals surface area contributed by atoms with Crippen molar-refractivity contribution in [2.75, 3.05) is 5.73 Å². The third kappa shape index (κ3) is 2.38. The van der Waals surface area contributed by atoms with Gasteiger partial charge in [-0.3, -0.25) is 4.57 Å². The fourth-order valence-corrected chi connectivity index (χ4v) is 2.42. The molecule has 0 aliphatic carbocycles. The molecule has 1 aliphatic heterocycles. The van der Waals surface area contributed by atoms with Gasteiger partial charge in [-0.15, -0.1) is 6.42 Å². The molecule has 0 aromatic carbocycles. The minimum Gasteiger partial charge on any atom is -0.391 e. The molecular weight excluding hydrogens is 305 g/mol. The molecule has 0 saturated carbocycles. The van der Waals surface area contributed by atoms with Gasteiger partial charge in [-0.25, -0.2) is 9.18 Å². The number of ether oxygens (including phenoxy) is 1. The Morgan fingerprint density at radius 2 is 2.38 bits per heavy atom. The summed E-state index contributed by atoms with van der Waals surface area (Å²) in [6.45, 7) is 1.36. The highest BCUT2D eigenvalue weighted by Crippen LogP contribution is 2.43. The van der Waals surface area contributed by atoms with Gasteiger partial charge in [-0.2, -0.15) is 4.98 Å². The number of anilines is 1. The van der Waals surface area contributed by atoms with Crippen molar-refractivity contribution in [1.82, 2.24) is 9.55 Å². The van der Waals surface area contributed by atoms with Crippen LogP contribution in [0.3, 0.4) is 0 Å². The largest absolute Gasteiger partial charge is 0.391 e. The number of aromatic nitrogens is 2. The van der Waals surface area contributed by atoms with Gasteiger partial charge in [0.2, 0.25) is 0 Å². The van der Waals surface area contributed by atoms with Gasteiger partial charge >= 0.3 is 5.69 Å². The summed E-state index contributed by atoms with van der Waals surface area (Å²) in [7, 11) is 0. The molecule has 1 aromatic heterocycles. The molecule has 2 heterocycles. The zero-order valence-corrected chi connectivity index (χ0v) is 11.7. The monoisotopic (exact) mass is 317 g/mol. The van der Waals surface area contributed by atoms with Gasteiger partial charge in [0.05, 0.1) is 12.3 Å². The van der Waals surface area contributed by atoms with Crippen molar-refractivity contribution in [3.05, 3.63) is 22.5 Å². The number of aliphatic hydroxyl groups is 2. The van der Waals surface area contributed by atoms with E-state index in [1.54, 1.807) is 0 Å². The van der Waals surface area contributed by atoms with E-state index in [0.717, 1.165) is 6.20 Å². The Balaban J connectivity index is 2.56. The molecule has 114 valence electrons. The van der Waals surface area contributed by atoms with Crippen molar-refractivity contribution in [1.29, 1.82) is 0 Å². The Morgan fingerprint density at radius 3 is 2.90 bits per heavy atom. The number of rotatable bonds is 2. The second-order valence-corrected chi connectivity index (χ2v) is 5.34. The van der Waals surface area contributed by atoms with E-state index < -0.39 is 46.7 Å². The van der Waals surface area contributed by atoms with Crippen LogP contribution in [-0.2, 0) is 4.74 Å². The van der Waals surface area contributed by atoms with E-state index in [1.165, 1.54) is 6.92 Å². The maximum absolute atomic E-state index is 13.5. The molecule has 5 atom stereocenters. The lowest BCUT2D eigenvalue weighted by atomic mass is 9.97. The fourth-order valence-electron chi connectivity index (χ4n) is 2.14. The van der Waals surface area contributed by atoms with Gasteiger partial charge in [-0.1, -0.05) is 17.5 Å². The zero-order valence-electron chi connectivity index (χ0n) is 10.9. The van der Waals surface area contributed by atoms with E-state index in [1.807, 2.05) is 0 Å². The molecule has 1 fully saturated rings. The lowest BCUT2D eigenvalue weighted by molar-refractivity contribution is -0.0774. The summed E-state index contributed by atoms with van der Waals surface area (Å²) >= 11 is 6.15. The summed E-state index contributed by atoms with van der Waals surface area (Å²) in [6.07, 6.45) is 0.912. The molecule has 1 unspecified atom stereocenters. The Morgan fingerprint density at radius 1 is 1.76 bits per heavy atom. The summed E-state index contributed by atoms with van der Waals surface area (Å²) < 4.78 is 19.6. The maximum atomic E-state index is 13.5. The molecule has 1 saturated heterocycles. The van der Waals surface area contributed by atoms with Crippen LogP contribution in [0.25, 0.3) is 0 Å². The van der Waals surface area contributed by atoms with E-state index >= 15 is 0 Å². The topological polar surface area (TPSA) is 111 Å². The summed E-state index contributed by atoms with van der Waals surface area (Å²) in [5.41, 5.74) is 4.24. The van der Waals surface area contributed by atoms with Crippen LogP contribution < -0.4 is 11.4 Å². The summed E-state index contributed by atoms with van der Waals surface area (Å²) in [5, 5.41) is 19.7. The van der Waals surface area contributed by atoms with Crippen LogP contribution >= 0.6 is 11.6 Å². The summed E-state index contributed by atoms with van der Waals surface area (Å²) in [4.78, 5) is 13.2. The number of hydrogen-bond donors (Lipinski definition) is 3. The third-order valence-corrected chi connectivity index (χ3v) is 3.79. The number of hydrogen-bond acceptors (Lipinski definition) is 6. The molecule has 1 aromatic rings. The van der Waals surface area contributed by atoms with Crippen LogP contribution in [0.15, 0.2) is 11.0 Å². The van der Waals surface area contributed by atoms with Gasteiger partial charge in [-0.05, 0) is 6.92 Å². The Labute approximate surface area is 124 Å². The molecule has 0 bridgehead atoms. The number of nitrogens with zero attached hydrogens (tertiary/aromatic N) is 2. The van der Waals surface area contributed by atoms with Crippen LogP contribution in [0.2, 0.25) is 0 Å². The summed E-state index contributed by atoms with van der Waals surface area (Å²) in [5.74, 6) is 0.574. The van der Waals surface area contributed by atoms with Crippen molar-refractivity contribution in [2.45, 2.75) is 36.3 Å². The second kappa shape index (κ2) is 5.27. The quantitative estimate of drug-likeness (QED) is 0.487. The van der Waals surface area contributed by atoms with E-state index in [4.69, 9.17) is 28.5 Å². The summed E-state index contributed by atoms with van der Waals surface area (Å²) in [6, 6.07) is 0. The van der Waals surface area contributed by atoms with Gasteiger partial charge < -0.3 is 20.7 Å². The normalized spacial score (nSPS) is 33.6. The van der Waals surface area contributed by atoms with E-state index in [9.17, 15) is 19.4 Å². The van der Waals surface area contributed by atoms with Crippen molar-refractivity contribution >= 4 is 17.4 Å². The minimum atomic E-state index is -1.87. The standard InChI is InChI=1S/C12H13ClFN3O4/c1-3-12(13)8(19)7(5(2)18)21-10(12)17-4-6(14)9(15)16-11(17)20/h1,4-5,7-8,10,18-19H,2H3,(H2,15,16,20)/t5-,7+,8?,10+,12+/m0/s1. The number of halogens is 2. The van der Waals surface area contributed by atoms with Gasteiger partial charge in [0.15, 0.2) is 22.7 Å². The van der Waals surface area contributed by atoms with E-state index in [2.05, 4.69) is 10.9 Å². The lowest BCUT2D eigenvalue weighted by Crippen LogP contribution is -2.44. The highest BCUT2D eigenvalue weighted by molar-refractivity contribution is 6.27. The van der Waals surface area contributed by atoms with Crippen LogP contribution in [0.1, 0.15) is 13.2 Å². The Kier molecular flexibility index (Phi) is 3.95. The zero-order chi connectivity index (χ0) is 15.9. The van der Waals surface area contributed by atoms with Crippen molar-refractivity contribution < 1.29 is 19.3 Å². The van der Waals surface area contributed by atoms with Crippen LogP contribution in [0, 0.1) is 18.2 Å². The number of aliphatic hydroxyl groups excluding tert-OH is 2. The molecule has 0 amide bonds. The van der Waals surface area contributed by atoms with E-state index in [-0.39, 0.29) is 0 Å². The Bertz CT molecular complexity index is 659. The predicted molar refractivity (Wildman–Crippen MR) is 71.9 cm³/mol. The van der Waals surface area contributed by atoms with Crippen LogP contribution in [0.4, 0.5) is 10.2 Å². The predicted octanol–water partition coefficient (Wildman–Crippen LogP) is -0.786. The average Bonchev–Trinajstić information content (AvgIpc) is 2.68. The molecule has 4 N–H and O–H groups in total. The van der Waals surface area contributed by atoms with E-state index in [0.29, 0.717) is 4.57 Å². The first-order chi connectivity index (χ1) is 9.72. The number of alkyl halides is 1. The number of nitrogen functional groups attached to an aromatic ring is 1. The van der Waals surface area contributed by atoms with Gasteiger partial charge in [0.1, 0.15) is 12.2 Å². The molecule has 0 radical (unpaired) electrons. The fraction of sp³-hybridized carbons (Fsp3) is 0.500. The minimum absolute atomic E-state index is 0.581. The lowest BCUT2D eigenvalue weighted by Gasteiger charge is -2.25. The van der Waals surface area contributed by atoms with Gasteiger partial charge in [0.25, 0.3) is 0 Å². The third-order valence-electron chi connectivity index (χ3n) is 3.27. The first-order valence-electron chi connectivity index (χ1n) is 5.94. The number of terminal acetylenes is 1. The highest BCUT2D eigenvalue weighted by atomic mass is 35.5. The molecule has 21 heavy (non-hydrogen) atoms. The van der Waals surface area contributed by atoms with Gasteiger partial charge in [0, 0.05) is 0 Å². The highest BCUT2D eigenvalue weighted by Gasteiger charge is 2.57. The molecular formula is C12H13ClFN3O4. The van der Waals surface area contributed by atoms with Crippen LogP contribution in [-0.4, -0.2) is 43.0 Å². The first-order valence-corrected chi connectivity index (χ1v) is 6.32. The molecule has 2 rings (SSSR count). The van der Waals surface area contributed by atoms with Crippen molar-refractivity contribution in [2.24, 2.45) is 0 Å². The number of nitrogens with two attached hydrogens (primary N) is 1. The Hall–Kier alpha value is -1.66. The first kappa shape index (κ1) is 15.7. The molecule has 9 heteroatoms. The molecule has 0 spiro atoms. The molecule has 7 nitrogen and oxygen atoms in total. The SMILES string of the molecule is C#C[C@@]1(Cl)C(O)[C@@H]([C@H](C)O)O[C@H]1n1cc(F)c(N)nc1=O. The van der Waals surface area contributed by atoms with Crippen molar-refractivity contribution in [3.8, 4) is 12.3 Å². The maximum Gasteiger partial charge on any atom is 0.351 e. The van der Waals surface area contributed by atoms with Crippen LogP contribution in [0.5, 0.6) is 0 Å². The molecule has 1 aliphatic rings. The second-order valence-electron chi connectivity index (χ2n) is 4.71. The van der Waals surface area contributed by atoms with Crippen molar-refractivity contribution in [3.63, 3.8) is 0 Å². The smallest absolute Gasteiger partial charge is 0.351 e. The average molecular weight is 318 g/mol.